The highest BCUT2D eigenvalue weighted by Crippen LogP contribution is 2.41. The maximum absolute atomic E-state index is 12.7. The molecule has 2 heterocycles. The lowest BCUT2D eigenvalue weighted by Crippen LogP contribution is -2.47. The molecule has 1 N–H and O–H groups in total. The molecule has 0 spiro atoms. The molecule has 2 aliphatic rings. The summed E-state index contributed by atoms with van der Waals surface area (Å²) in [5.41, 5.74) is -0.213. The second-order valence-electron chi connectivity index (χ2n) is 7.38. The zero-order valence-electron chi connectivity index (χ0n) is 14.6. The molecule has 1 aromatic carbocycles. The fourth-order valence-corrected chi connectivity index (χ4v) is 4.90. The SMILES string of the molecule is CC1CCCC(C)N1CCC1(c2ccc(Cl)cc2Cl)CC(=O)NC1=O. The average Bonchev–Trinajstić information content (AvgIpc) is 2.81. The van der Waals surface area contributed by atoms with Crippen molar-refractivity contribution < 1.29 is 9.59 Å². The predicted octanol–water partition coefficient (Wildman–Crippen LogP) is 3.93. The highest BCUT2D eigenvalue weighted by molar-refractivity contribution is 6.35. The summed E-state index contributed by atoms with van der Waals surface area (Å²) in [6.07, 6.45) is 4.30. The largest absolute Gasteiger partial charge is 0.298 e. The number of hydrogen-bond acceptors (Lipinski definition) is 3. The number of imide groups is 1. The van der Waals surface area contributed by atoms with Crippen molar-refractivity contribution in [3.05, 3.63) is 33.8 Å². The summed E-state index contributed by atoms with van der Waals surface area (Å²) in [5.74, 6) is -0.491. The monoisotopic (exact) mass is 382 g/mol. The number of carbonyl (C=O) groups is 2. The lowest BCUT2D eigenvalue weighted by Gasteiger charge is -2.40. The second-order valence-corrected chi connectivity index (χ2v) is 8.22. The fourth-order valence-electron chi connectivity index (χ4n) is 4.31. The standard InChI is InChI=1S/C19H24Cl2N2O2/c1-12-4-3-5-13(2)23(12)9-8-19(11-17(24)22-18(19)25)15-7-6-14(20)10-16(15)21/h6-7,10,12-13H,3-5,8-9,11H2,1-2H3,(H,22,24,25). The van der Waals surface area contributed by atoms with Gasteiger partial charge in [-0.05, 0) is 50.8 Å². The van der Waals surface area contributed by atoms with Crippen molar-refractivity contribution in [1.29, 1.82) is 0 Å². The minimum absolute atomic E-state index is 0.143. The molecule has 6 heteroatoms. The number of likely N-dealkylation sites (tertiary alicyclic amines) is 1. The molecule has 0 bridgehead atoms. The van der Waals surface area contributed by atoms with Crippen LogP contribution in [0.2, 0.25) is 10.0 Å². The molecule has 2 saturated heterocycles. The molecule has 25 heavy (non-hydrogen) atoms. The Morgan fingerprint density at radius 1 is 1.20 bits per heavy atom. The molecule has 0 aromatic heterocycles. The number of hydrogen-bond donors (Lipinski definition) is 1. The van der Waals surface area contributed by atoms with Gasteiger partial charge in [0.15, 0.2) is 0 Å². The quantitative estimate of drug-likeness (QED) is 0.802. The smallest absolute Gasteiger partial charge is 0.237 e. The van der Waals surface area contributed by atoms with Crippen molar-refractivity contribution >= 4 is 35.0 Å². The summed E-state index contributed by atoms with van der Waals surface area (Å²) < 4.78 is 0. The van der Waals surface area contributed by atoms with E-state index in [0.29, 0.717) is 34.1 Å². The van der Waals surface area contributed by atoms with Crippen molar-refractivity contribution in [3.8, 4) is 0 Å². The summed E-state index contributed by atoms with van der Waals surface area (Å²) in [7, 11) is 0. The first-order valence-electron chi connectivity index (χ1n) is 8.89. The van der Waals surface area contributed by atoms with E-state index in [9.17, 15) is 9.59 Å². The Hall–Kier alpha value is -1.10. The number of rotatable bonds is 4. The highest BCUT2D eigenvalue weighted by atomic mass is 35.5. The van der Waals surface area contributed by atoms with E-state index < -0.39 is 5.41 Å². The molecule has 136 valence electrons. The zero-order chi connectivity index (χ0) is 18.2. The average molecular weight is 383 g/mol. The van der Waals surface area contributed by atoms with Crippen LogP contribution in [0.15, 0.2) is 18.2 Å². The van der Waals surface area contributed by atoms with E-state index in [1.807, 2.05) is 0 Å². The molecule has 3 rings (SSSR count). The van der Waals surface area contributed by atoms with Gasteiger partial charge in [0.2, 0.25) is 11.8 Å². The number of benzene rings is 1. The highest BCUT2D eigenvalue weighted by Gasteiger charge is 2.49. The Bertz CT molecular complexity index is 684. The third-order valence-electron chi connectivity index (χ3n) is 5.77. The number of carbonyl (C=O) groups excluding carboxylic acids is 2. The molecule has 3 atom stereocenters. The third kappa shape index (κ3) is 3.57. The van der Waals surface area contributed by atoms with Crippen LogP contribution in [0.1, 0.15) is 51.5 Å². The molecule has 2 amide bonds. The van der Waals surface area contributed by atoms with Crippen LogP contribution in [0.4, 0.5) is 0 Å². The first kappa shape index (κ1) is 18.7. The van der Waals surface area contributed by atoms with Gasteiger partial charge in [-0.25, -0.2) is 0 Å². The summed E-state index contributed by atoms with van der Waals surface area (Å²) in [5, 5.41) is 3.43. The lowest BCUT2D eigenvalue weighted by molar-refractivity contribution is -0.126. The Kier molecular flexibility index (Phi) is 5.42. The molecule has 2 aliphatic heterocycles. The lowest BCUT2D eigenvalue weighted by atomic mass is 9.75. The van der Waals surface area contributed by atoms with Gasteiger partial charge in [0.25, 0.3) is 0 Å². The van der Waals surface area contributed by atoms with Gasteiger partial charge in [-0.3, -0.25) is 19.8 Å². The topological polar surface area (TPSA) is 49.4 Å². The van der Waals surface area contributed by atoms with Gasteiger partial charge in [-0.2, -0.15) is 0 Å². The molecule has 1 aromatic rings. The van der Waals surface area contributed by atoms with E-state index in [0.717, 1.165) is 6.54 Å². The van der Waals surface area contributed by atoms with Gasteiger partial charge in [0, 0.05) is 35.1 Å². The van der Waals surface area contributed by atoms with Crippen molar-refractivity contribution in [2.45, 2.75) is 63.5 Å². The number of piperidine rings is 1. The van der Waals surface area contributed by atoms with Gasteiger partial charge in [-0.15, -0.1) is 0 Å². The van der Waals surface area contributed by atoms with Gasteiger partial charge < -0.3 is 0 Å². The number of nitrogens with zero attached hydrogens (tertiary/aromatic N) is 1. The molecule has 4 nitrogen and oxygen atoms in total. The Morgan fingerprint density at radius 3 is 2.44 bits per heavy atom. The van der Waals surface area contributed by atoms with Gasteiger partial charge in [-0.1, -0.05) is 35.7 Å². The van der Waals surface area contributed by atoms with E-state index in [1.165, 1.54) is 19.3 Å². The molecular weight excluding hydrogens is 359 g/mol. The number of amides is 2. The van der Waals surface area contributed by atoms with Gasteiger partial charge in [0.1, 0.15) is 0 Å². The molecule has 0 aliphatic carbocycles. The maximum Gasteiger partial charge on any atom is 0.237 e. The second kappa shape index (κ2) is 7.26. The van der Waals surface area contributed by atoms with E-state index in [-0.39, 0.29) is 18.2 Å². The van der Waals surface area contributed by atoms with Crippen LogP contribution >= 0.6 is 23.2 Å². The van der Waals surface area contributed by atoms with Crippen LogP contribution in [0.3, 0.4) is 0 Å². The fraction of sp³-hybridized carbons (Fsp3) is 0.579. The summed E-state index contributed by atoms with van der Waals surface area (Å²) in [6.45, 7) is 5.23. The summed E-state index contributed by atoms with van der Waals surface area (Å²) in [4.78, 5) is 27.2. The first-order chi connectivity index (χ1) is 11.8. The van der Waals surface area contributed by atoms with E-state index in [1.54, 1.807) is 18.2 Å². The zero-order valence-corrected chi connectivity index (χ0v) is 16.2. The van der Waals surface area contributed by atoms with Crippen LogP contribution in [-0.4, -0.2) is 35.3 Å². The van der Waals surface area contributed by atoms with E-state index in [4.69, 9.17) is 23.2 Å². The van der Waals surface area contributed by atoms with Crippen LogP contribution < -0.4 is 5.32 Å². The van der Waals surface area contributed by atoms with Crippen molar-refractivity contribution in [3.63, 3.8) is 0 Å². The minimum atomic E-state index is -0.907. The summed E-state index contributed by atoms with van der Waals surface area (Å²) >= 11 is 12.4. The van der Waals surface area contributed by atoms with Crippen LogP contribution in [0.25, 0.3) is 0 Å². The normalized spacial score (nSPS) is 30.6. The van der Waals surface area contributed by atoms with Crippen LogP contribution in [0, 0.1) is 0 Å². The molecule has 0 radical (unpaired) electrons. The van der Waals surface area contributed by atoms with Gasteiger partial charge in [0.05, 0.1) is 5.41 Å². The molecular formula is C19H24Cl2N2O2. The molecule has 0 saturated carbocycles. The number of halogens is 2. The van der Waals surface area contributed by atoms with Gasteiger partial charge >= 0.3 is 0 Å². The Labute approximate surface area is 158 Å². The Balaban J connectivity index is 1.90. The van der Waals surface area contributed by atoms with E-state index >= 15 is 0 Å². The number of nitrogens with one attached hydrogen (secondary N) is 1. The summed E-state index contributed by atoms with van der Waals surface area (Å²) in [6, 6.07) is 6.13. The molecule has 3 unspecified atom stereocenters. The van der Waals surface area contributed by atoms with Crippen LogP contribution in [-0.2, 0) is 15.0 Å². The maximum atomic E-state index is 12.7. The Morgan fingerprint density at radius 2 is 1.88 bits per heavy atom. The third-order valence-corrected chi connectivity index (χ3v) is 6.32. The van der Waals surface area contributed by atoms with Crippen LogP contribution in [0.5, 0.6) is 0 Å². The van der Waals surface area contributed by atoms with Crippen molar-refractivity contribution in [1.82, 2.24) is 10.2 Å². The first-order valence-corrected chi connectivity index (χ1v) is 9.64. The molecule has 2 fully saturated rings. The minimum Gasteiger partial charge on any atom is -0.298 e. The van der Waals surface area contributed by atoms with E-state index in [2.05, 4.69) is 24.1 Å². The van der Waals surface area contributed by atoms with Crippen molar-refractivity contribution in [2.75, 3.05) is 6.54 Å². The predicted molar refractivity (Wildman–Crippen MR) is 100 cm³/mol. The van der Waals surface area contributed by atoms with Crippen molar-refractivity contribution in [2.24, 2.45) is 0 Å².